The van der Waals surface area contributed by atoms with Crippen LogP contribution >= 0.6 is 7.14 Å². The Labute approximate surface area is 186 Å². The molecule has 4 rings (SSSR count). The Bertz CT molecular complexity index is 1290. The number of hydrogen-bond acceptors (Lipinski definition) is 5. The van der Waals surface area contributed by atoms with E-state index >= 15 is 0 Å². The predicted molar refractivity (Wildman–Crippen MR) is 114 cm³/mol. The lowest BCUT2D eigenvalue weighted by atomic mass is 9.94. The van der Waals surface area contributed by atoms with E-state index in [1.165, 1.54) is 27.9 Å². The van der Waals surface area contributed by atoms with Crippen LogP contribution in [0, 0.1) is 0 Å². The first-order valence-electron chi connectivity index (χ1n) is 9.78. The molecule has 3 heterocycles. The van der Waals surface area contributed by atoms with E-state index in [0.717, 1.165) is 12.1 Å². The summed E-state index contributed by atoms with van der Waals surface area (Å²) in [7, 11) is -2.77. The summed E-state index contributed by atoms with van der Waals surface area (Å²) in [5.41, 5.74) is 1.31. The van der Waals surface area contributed by atoms with Crippen LogP contribution in [0.3, 0.4) is 0 Å². The molecule has 0 atom stereocenters. The average molecular weight is 482 g/mol. The van der Waals surface area contributed by atoms with E-state index in [4.69, 9.17) is 0 Å². The molecular formula is C21H19F4N4O3P. The first kappa shape index (κ1) is 23.0. The number of pyridine rings is 1. The Balaban J connectivity index is 1.78. The molecule has 0 radical (unpaired) electrons. The number of hydrogen-bond donors (Lipinski definition) is 0. The molecule has 1 amide bonds. The minimum absolute atomic E-state index is 0.193. The predicted octanol–water partition coefficient (Wildman–Crippen LogP) is 3.98. The number of likely N-dealkylation sites (tertiary alicyclic amines) is 1. The normalized spacial score (nSPS) is 14.9. The van der Waals surface area contributed by atoms with E-state index in [0.29, 0.717) is 27.7 Å². The van der Waals surface area contributed by atoms with Crippen LogP contribution in [-0.2, 0) is 9.36 Å². The molecule has 1 fully saturated rings. The second kappa shape index (κ2) is 7.98. The van der Waals surface area contributed by atoms with Crippen LogP contribution in [0.1, 0.15) is 11.6 Å². The molecule has 33 heavy (non-hydrogen) atoms. The Kier molecular flexibility index (Phi) is 5.56. The molecule has 0 aliphatic carbocycles. The molecule has 3 aromatic rings. The van der Waals surface area contributed by atoms with E-state index in [2.05, 4.69) is 21.4 Å². The lowest BCUT2D eigenvalue weighted by molar-refractivity contribution is -0.274. The third kappa shape index (κ3) is 4.50. The summed E-state index contributed by atoms with van der Waals surface area (Å²) in [6.07, 6.45) is -3.32. The molecular weight excluding hydrogens is 463 g/mol. The number of nitrogens with zero attached hydrogens (tertiary/aromatic N) is 4. The molecule has 2 aromatic heterocycles. The molecule has 0 bridgehead atoms. The van der Waals surface area contributed by atoms with E-state index < -0.39 is 25.2 Å². The second-order valence-corrected chi connectivity index (χ2v) is 11.2. The van der Waals surface area contributed by atoms with Crippen molar-refractivity contribution in [1.82, 2.24) is 19.7 Å². The number of fused-ring (bicyclic) bond motifs is 1. The minimum atomic E-state index is -4.81. The van der Waals surface area contributed by atoms with Gasteiger partial charge >= 0.3 is 6.36 Å². The van der Waals surface area contributed by atoms with Crippen molar-refractivity contribution in [3.05, 3.63) is 54.6 Å². The first-order chi connectivity index (χ1) is 15.3. The molecule has 0 unspecified atom stereocenters. The van der Waals surface area contributed by atoms with Gasteiger partial charge in [0.25, 0.3) is 5.91 Å². The van der Waals surface area contributed by atoms with Crippen LogP contribution in [-0.4, -0.2) is 58.4 Å². The number of halogens is 4. The topological polar surface area (TPSA) is 77.3 Å². The highest BCUT2D eigenvalue weighted by Crippen LogP contribution is 2.41. The fourth-order valence-electron chi connectivity index (χ4n) is 3.74. The Hall–Kier alpha value is -3.20. The highest BCUT2D eigenvalue weighted by atomic mass is 31.2. The molecule has 174 valence electrons. The van der Waals surface area contributed by atoms with Crippen molar-refractivity contribution in [2.24, 2.45) is 0 Å². The average Bonchev–Trinajstić information content (AvgIpc) is 3.04. The first-order valence-corrected chi connectivity index (χ1v) is 12.4. The van der Waals surface area contributed by atoms with Gasteiger partial charge in [-0.15, -0.1) is 13.2 Å². The standard InChI is InChI=1S/C21H19F4N4O3P/c1-12(22)20(30)28-10-13(11-28)18-17-16(33(2,3)31)8-9-26-19(17)29(27-18)14-4-6-15(7-5-14)32-21(23,24)25/h4-9,13H,1,10-11H2,2-3H3. The fraction of sp³-hybridized carbons (Fsp3) is 0.286. The van der Waals surface area contributed by atoms with Gasteiger partial charge in [-0.3, -0.25) is 4.79 Å². The number of ether oxygens (including phenoxy) is 1. The van der Waals surface area contributed by atoms with Crippen molar-refractivity contribution in [3.8, 4) is 11.4 Å². The minimum Gasteiger partial charge on any atom is -0.406 e. The Morgan fingerprint density at radius 2 is 1.82 bits per heavy atom. The SMILES string of the molecule is C=C(F)C(=O)N1CC(c2nn(-c3ccc(OC(F)(F)F)cc3)c3nccc(P(C)(C)=O)c23)C1. The van der Waals surface area contributed by atoms with Gasteiger partial charge in [-0.2, -0.15) is 5.10 Å². The Morgan fingerprint density at radius 1 is 1.18 bits per heavy atom. The largest absolute Gasteiger partial charge is 0.573 e. The maximum absolute atomic E-state index is 13.2. The lowest BCUT2D eigenvalue weighted by Crippen LogP contribution is -2.48. The van der Waals surface area contributed by atoms with Crippen LogP contribution in [0.25, 0.3) is 16.7 Å². The zero-order chi connectivity index (χ0) is 24.1. The van der Waals surface area contributed by atoms with Crippen LogP contribution in [0.4, 0.5) is 17.6 Å². The summed E-state index contributed by atoms with van der Waals surface area (Å²) in [6, 6.07) is 6.74. The summed E-state index contributed by atoms with van der Waals surface area (Å²) in [4.78, 5) is 17.5. The van der Waals surface area contributed by atoms with Gasteiger partial charge in [0.1, 0.15) is 12.9 Å². The molecule has 1 aromatic carbocycles. The number of amides is 1. The molecule has 1 aliphatic heterocycles. The van der Waals surface area contributed by atoms with Crippen molar-refractivity contribution in [1.29, 1.82) is 0 Å². The van der Waals surface area contributed by atoms with E-state index in [1.54, 1.807) is 19.4 Å². The molecule has 1 aliphatic rings. The molecule has 0 N–H and O–H groups in total. The number of rotatable bonds is 5. The fourth-order valence-corrected chi connectivity index (χ4v) is 4.92. The third-order valence-electron chi connectivity index (χ3n) is 5.26. The third-order valence-corrected chi connectivity index (χ3v) is 6.79. The summed E-state index contributed by atoms with van der Waals surface area (Å²) >= 11 is 0. The van der Waals surface area contributed by atoms with Gasteiger partial charge in [-0.05, 0) is 43.7 Å². The van der Waals surface area contributed by atoms with Crippen LogP contribution < -0.4 is 10.0 Å². The number of aromatic nitrogens is 3. The van der Waals surface area contributed by atoms with Gasteiger partial charge in [0.05, 0.1) is 16.8 Å². The maximum atomic E-state index is 13.2. The number of benzene rings is 1. The van der Waals surface area contributed by atoms with Crippen LogP contribution in [0.2, 0.25) is 0 Å². The Morgan fingerprint density at radius 3 is 2.36 bits per heavy atom. The zero-order valence-electron chi connectivity index (χ0n) is 17.6. The lowest BCUT2D eigenvalue weighted by Gasteiger charge is -2.38. The van der Waals surface area contributed by atoms with Crippen molar-refractivity contribution >= 4 is 29.4 Å². The van der Waals surface area contributed by atoms with E-state index in [1.807, 2.05) is 0 Å². The summed E-state index contributed by atoms with van der Waals surface area (Å²) < 4.78 is 69.0. The van der Waals surface area contributed by atoms with Crippen molar-refractivity contribution in [2.45, 2.75) is 12.3 Å². The highest BCUT2D eigenvalue weighted by molar-refractivity contribution is 7.70. The quantitative estimate of drug-likeness (QED) is 0.313. The van der Waals surface area contributed by atoms with Gasteiger partial charge in [-0.1, -0.05) is 6.58 Å². The highest BCUT2D eigenvalue weighted by Gasteiger charge is 2.37. The van der Waals surface area contributed by atoms with E-state index in [-0.39, 0.29) is 24.8 Å². The second-order valence-electron chi connectivity index (χ2n) is 8.03. The van der Waals surface area contributed by atoms with Gasteiger partial charge < -0.3 is 14.2 Å². The zero-order valence-corrected chi connectivity index (χ0v) is 18.5. The maximum Gasteiger partial charge on any atom is 0.573 e. The van der Waals surface area contributed by atoms with E-state index in [9.17, 15) is 26.9 Å². The monoisotopic (exact) mass is 482 g/mol. The van der Waals surface area contributed by atoms with Gasteiger partial charge in [0.2, 0.25) is 0 Å². The smallest absolute Gasteiger partial charge is 0.406 e. The van der Waals surface area contributed by atoms with Crippen molar-refractivity contribution in [2.75, 3.05) is 26.4 Å². The van der Waals surface area contributed by atoms with Gasteiger partial charge in [-0.25, -0.2) is 14.1 Å². The molecule has 1 saturated heterocycles. The van der Waals surface area contributed by atoms with Gasteiger partial charge in [0.15, 0.2) is 11.5 Å². The van der Waals surface area contributed by atoms with Gasteiger partial charge in [0, 0.05) is 30.5 Å². The van der Waals surface area contributed by atoms with Crippen LogP contribution in [0.5, 0.6) is 5.75 Å². The van der Waals surface area contributed by atoms with Crippen molar-refractivity contribution < 1.29 is 31.7 Å². The summed E-state index contributed by atoms with van der Waals surface area (Å²) in [5, 5.41) is 5.71. The molecule has 12 heteroatoms. The molecule has 7 nitrogen and oxygen atoms in total. The number of alkyl halides is 3. The molecule has 0 saturated carbocycles. The molecule has 0 spiro atoms. The van der Waals surface area contributed by atoms with Crippen molar-refractivity contribution in [3.63, 3.8) is 0 Å². The summed E-state index contributed by atoms with van der Waals surface area (Å²) in [6.45, 7) is 6.62. The number of carbonyl (C=O) groups excluding carboxylic acids is 1. The van der Waals surface area contributed by atoms with Crippen LogP contribution in [0.15, 0.2) is 48.9 Å². The summed E-state index contributed by atoms with van der Waals surface area (Å²) in [5.74, 6) is -2.51. The number of carbonyl (C=O) groups is 1.